The molecule has 0 spiro atoms. The van der Waals surface area contributed by atoms with E-state index in [-0.39, 0.29) is 16.9 Å². The molecule has 0 fully saturated rings. The highest BCUT2D eigenvalue weighted by molar-refractivity contribution is 5.92. The highest BCUT2D eigenvalue weighted by Gasteiger charge is 2.31. The zero-order chi connectivity index (χ0) is 25.3. The Bertz CT molecular complexity index is 1460. The van der Waals surface area contributed by atoms with E-state index in [1.54, 1.807) is 36.1 Å². The molecule has 2 aromatic carbocycles. The summed E-state index contributed by atoms with van der Waals surface area (Å²) in [6, 6.07) is 11.6. The summed E-state index contributed by atoms with van der Waals surface area (Å²) in [5.41, 5.74) is 6.09. The number of hydrogen-bond donors (Lipinski definition) is 2. The van der Waals surface area contributed by atoms with Crippen molar-refractivity contribution in [3.05, 3.63) is 88.0 Å². The highest BCUT2D eigenvalue weighted by Crippen LogP contribution is 2.32. The molecule has 0 unspecified atom stereocenters. The molecule has 0 bridgehead atoms. The normalized spacial score (nSPS) is 12.4. The smallest absolute Gasteiger partial charge is 0.399 e. The van der Waals surface area contributed by atoms with E-state index in [9.17, 15) is 22.8 Å². The Kier molecular flexibility index (Phi) is 6.12. The summed E-state index contributed by atoms with van der Waals surface area (Å²) in [5.74, 6) is -0.672. The topological polar surface area (TPSA) is 121 Å². The summed E-state index contributed by atoms with van der Waals surface area (Å²) in [6.07, 6.45) is -3.01. The number of nitrogens with two attached hydrogens (primary N) is 1. The van der Waals surface area contributed by atoms with Crippen LogP contribution < -0.4 is 16.6 Å². The van der Waals surface area contributed by atoms with Crippen molar-refractivity contribution in [1.29, 1.82) is 0 Å². The Balaban J connectivity index is 1.61. The molecule has 2 heterocycles. The SMILES string of the molecule is C[C@@H](NC(=O)c1ccc(=O)n(-c2cccc(-c3cnnn3C)c2)n1)c1cc(N)cc(C(F)(F)F)c1. The minimum absolute atomic E-state index is 0.0777. The Labute approximate surface area is 197 Å². The Morgan fingerprint density at radius 2 is 1.89 bits per heavy atom. The Morgan fingerprint density at radius 3 is 2.57 bits per heavy atom. The molecule has 1 atom stereocenters. The van der Waals surface area contributed by atoms with Crippen LogP contribution in [-0.2, 0) is 13.2 Å². The average Bonchev–Trinajstić information content (AvgIpc) is 3.24. The number of benzene rings is 2. The van der Waals surface area contributed by atoms with E-state index >= 15 is 0 Å². The van der Waals surface area contributed by atoms with Gasteiger partial charge in [0.2, 0.25) is 0 Å². The van der Waals surface area contributed by atoms with Gasteiger partial charge in [-0.25, -0.2) is 4.68 Å². The van der Waals surface area contributed by atoms with Gasteiger partial charge in [0.15, 0.2) is 0 Å². The van der Waals surface area contributed by atoms with Gasteiger partial charge in [0, 0.05) is 24.4 Å². The maximum absolute atomic E-state index is 13.1. The van der Waals surface area contributed by atoms with Gasteiger partial charge in [0.1, 0.15) is 5.69 Å². The van der Waals surface area contributed by atoms with Gasteiger partial charge < -0.3 is 11.1 Å². The maximum Gasteiger partial charge on any atom is 0.416 e. The third kappa shape index (κ3) is 5.05. The molecule has 1 amide bonds. The first-order valence-electron chi connectivity index (χ1n) is 10.4. The third-order valence-corrected chi connectivity index (χ3v) is 5.29. The molecule has 4 rings (SSSR count). The summed E-state index contributed by atoms with van der Waals surface area (Å²) in [6.45, 7) is 1.52. The molecule has 12 heteroatoms. The van der Waals surface area contributed by atoms with Crippen LogP contribution in [0.1, 0.15) is 34.6 Å². The predicted molar refractivity (Wildman–Crippen MR) is 122 cm³/mol. The minimum atomic E-state index is -4.58. The summed E-state index contributed by atoms with van der Waals surface area (Å²) < 4.78 is 42.0. The van der Waals surface area contributed by atoms with Crippen LogP contribution >= 0.6 is 0 Å². The van der Waals surface area contributed by atoms with Crippen LogP contribution in [0.25, 0.3) is 16.9 Å². The van der Waals surface area contributed by atoms with Crippen molar-refractivity contribution in [2.24, 2.45) is 7.05 Å². The maximum atomic E-state index is 13.1. The molecule has 3 N–H and O–H groups in total. The van der Waals surface area contributed by atoms with E-state index in [4.69, 9.17) is 5.73 Å². The number of alkyl halides is 3. The lowest BCUT2D eigenvalue weighted by Gasteiger charge is -2.17. The summed E-state index contributed by atoms with van der Waals surface area (Å²) >= 11 is 0. The number of carbonyl (C=O) groups is 1. The van der Waals surface area contributed by atoms with Gasteiger partial charge in [-0.1, -0.05) is 17.3 Å². The van der Waals surface area contributed by atoms with E-state index in [1.165, 1.54) is 25.1 Å². The van der Waals surface area contributed by atoms with Crippen molar-refractivity contribution in [3.8, 4) is 16.9 Å². The summed E-state index contributed by atoms with van der Waals surface area (Å²) in [4.78, 5) is 25.3. The number of halogens is 3. The van der Waals surface area contributed by atoms with Crippen LogP contribution in [0.2, 0.25) is 0 Å². The lowest BCUT2D eigenvalue weighted by molar-refractivity contribution is -0.137. The molecule has 9 nitrogen and oxygen atoms in total. The molecule has 0 saturated heterocycles. The number of aryl methyl sites for hydroxylation is 1. The van der Waals surface area contributed by atoms with Crippen LogP contribution in [0.4, 0.5) is 18.9 Å². The largest absolute Gasteiger partial charge is 0.416 e. The zero-order valence-corrected chi connectivity index (χ0v) is 18.6. The monoisotopic (exact) mass is 483 g/mol. The van der Waals surface area contributed by atoms with E-state index in [0.29, 0.717) is 11.4 Å². The molecule has 35 heavy (non-hydrogen) atoms. The lowest BCUT2D eigenvalue weighted by Crippen LogP contribution is -2.30. The number of nitrogens with zero attached hydrogens (tertiary/aromatic N) is 5. The van der Waals surface area contributed by atoms with Crippen LogP contribution in [0.15, 0.2) is 65.6 Å². The first-order valence-corrected chi connectivity index (χ1v) is 10.4. The van der Waals surface area contributed by atoms with Gasteiger partial charge in [-0.15, -0.1) is 5.10 Å². The minimum Gasteiger partial charge on any atom is -0.399 e. The number of carbonyl (C=O) groups excluding carboxylic acids is 1. The van der Waals surface area contributed by atoms with E-state index in [1.807, 2.05) is 6.07 Å². The van der Waals surface area contributed by atoms with Gasteiger partial charge >= 0.3 is 6.18 Å². The molecule has 0 radical (unpaired) electrons. The fourth-order valence-corrected chi connectivity index (χ4v) is 3.51. The standard InChI is InChI=1S/C23H20F3N7O2/c1-13(15-8-16(23(24,25)26)11-17(27)9-15)29-22(35)19-6-7-21(34)33(30-19)18-5-3-4-14(10-18)20-12-28-31-32(20)2/h3-13H,27H2,1-2H3,(H,29,35)/t13-/m1/s1. The molecule has 0 aliphatic carbocycles. The molecule has 0 aliphatic heterocycles. The second-order valence-electron chi connectivity index (χ2n) is 7.84. The van der Waals surface area contributed by atoms with Gasteiger partial charge in [-0.05, 0) is 48.9 Å². The van der Waals surface area contributed by atoms with E-state index in [0.717, 1.165) is 22.4 Å². The number of nitrogens with one attached hydrogen (secondary N) is 1. The number of anilines is 1. The van der Waals surface area contributed by atoms with Crippen molar-refractivity contribution in [2.75, 3.05) is 5.73 Å². The van der Waals surface area contributed by atoms with E-state index < -0.39 is 29.2 Å². The van der Waals surface area contributed by atoms with Gasteiger partial charge in [0.25, 0.3) is 11.5 Å². The predicted octanol–water partition coefficient (Wildman–Crippen LogP) is 3.12. The highest BCUT2D eigenvalue weighted by atomic mass is 19.4. The second kappa shape index (κ2) is 9.05. The first kappa shape index (κ1) is 23.7. The average molecular weight is 483 g/mol. The van der Waals surface area contributed by atoms with E-state index in [2.05, 4.69) is 20.7 Å². The van der Waals surface area contributed by atoms with Crippen LogP contribution in [0, 0.1) is 0 Å². The fraction of sp³-hybridized carbons (Fsp3) is 0.174. The number of hydrogen-bond acceptors (Lipinski definition) is 6. The van der Waals surface area contributed by atoms with Crippen molar-refractivity contribution >= 4 is 11.6 Å². The first-order chi connectivity index (χ1) is 16.5. The summed E-state index contributed by atoms with van der Waals surface area (Å²) in [7, 11) is 1.73. The quantitative estimate of drug-likeness (QED) is 0.421. The van der Waals surface area contributed by atoms with Crippen molar-refractivity contribution in [3.63, 3.8) is 0 Å². The van der Waals surface area contributed by atoms with Crippen LogP contribution in [0.5, 0.6) is 0 Å². The molecule has 2 aromatic heterocycles. The summed E-state index contributed by atoms with van der Waals surface area (Å²) in [5, 5.41) is 14.5. The lowest BCUT2D eigenvalue weighted by atomic mass is 10.0. The zero-order valence-electron chi connectivity index (χ0n) is 18.6. The van der Waals surface area contributed by atoms with Gasteiger partial charge in [-0.3, -0.25) is 9.59 Å². The molecule has 0 saturated carbocycles. The van der Waals surface area contributed by atoms with Gasteiger partial charge in [-0.2, -0.15) is 23.0 Å². The number of nitrogen functional groups attached to an aromatic ring is 1. The van der Waals surface area contributed by atoms with Crippen LogP contribution in [0.3, 0.4) is 0 Å². The second-order valence-corrected chi connectivity index (χ2v) is 7.84. The van der Waals surface area contributed by atoms with Crippen molar-refractivity contribution in [1.82, 2.24) is 30.1 Å². The third-order valence-electron chi connectivity index (χ3n) is 5.29. The fourth-order valence-electron chi connectivity index (χ4n) is 3.51. The number of amides is 1. The Morgan fingerprint density at radius 1 is 1.11 bits per heavy atom. The number of rotatable bonds is 5. The Hall–Kier alpha value is -4.48. The van der Waals surface area contributed by atoms with Crippen molar-refractivity contribution < 1.29 is 18.0 Å². The molecule has 0 aliphatic rings. The number of aromatic nitrogens is 5. The molecular weight excluding hydrogens is 463 g/mol. The van der Waals surface area contributed by atoms with Gasteiger partial charge in [0.05, 0.1) is 29.2 Å². The molecular formula is C23H20F3N7O2. The molecule has 4 aromatic rings. The molecule has 180 valence electrons. The van der Waals surface area contributed by atoms with Crippen LogP contribution in [-0.4, -0.2) is 30.7 Å². The van der Waals surface area contributed by atoms with Crippen molar-refractivity contribution in [2.45, 2.75) is 19.1 Å².